The number of halogens is 1. The van der Waals surface area contributed by atoms with E-state index in [4.69, 9.17) is 17.3 Å². The van der Waals surface area contributed by atoms with Gasteiger partial charge in [0, 0.05) is 16.9 Å². The minimum Gasteiger partial charge on any atom is -0.330 e. The van der Waals surface area contributed by atoms with Gasteiger partial charge in [0.25, 0.3) is 0 Å². The van der Waals surface area contributed by atoms with Crippen LogP contribution in [0.25, 0.3) is 0 Å². The Morgan fingerprint density at radius 3 is 2.53 bits per heavy atom. The summed E-state index contributed by atoms with van der Waals surface area (Å²) in [7, 11) is 0. The van der Waals surface area contributed by atoms with Crippen LogP contribution >= 0.6 is 23.4 Å². The third kappa shape index (κ3) is 2.64. The lowest BCUT2D eigenvalue weighted by Gasteiger charge is -2.37. The molecule has 17 heavy (non-hydrogen) atoms. The second kappa shape index (κ2) is 5.64. The fourth-order valence-electron chi connectivity index (χ4n) is 2.84. The molecular weight excluding hydrogens is 250 g/mol. The fourth-order valence-corrected chi connectivity index (χ4v) is 3.71. The van der Waals surface area contributed by atoms with E-state index in [0.717, 1.165) is 16.5 Å². The number of rotatable bonds is 3. The van der Waals surface area contributed by atoms with E-state index in [-0.39, 0.29) is 5.41 Å². The Morgan fingerprint density at radius 2 is 2.00 bits per heavy atom. The van der Waals surface area contributed by atoms with Crippen molar-refractivity contribution < 1.29 is 0 Å². The molecule has 0 unspecified atom stereocenters. The average molecular weight is 270 g/mol. The van der Waals surface area contributed by atoms with Crippen molar-refractivity contribution in [2.75, 3.05) is 12.8 Å². The molecule has 0 amide bonds. The van der Waals surface area contributed by atoms with Crippen molar-refractivity contribution >= 4 is 23.4 Å². The van der Waals surface area contributed by atoms with Crippen molar-refractivity contribution in [3.63, 3.8) is 0 Å². The zero-order valence-electron chi connectivity index (χ0n) is 10.3. The second-order valence-electron chi connectivity index (χ2n) is 4.89. The number of hydrogen-bond acceptors (Lipinski definition) is 2. The van der Waals surface area contributed by atoms with Gasteiger partial charge in [0.05, 0.1) is 5.02 Å². The van der Waals surface area contributed by atoms with E-state index in [1.54, 1.807) is 11.8 Å². The first-order chi connectivity index (χ1) is 8.22. The first-order valence-corrected chi connectivity index (χ1v) is 7.86. The van der Waals surface area contributed by atoms with E-state index >= 15 is 0 Å². The van der Waals surface area contributed by atoms with Gasteiger partial charge in [-0.1, -0.05) is 36.9 Å². The summed E-state index contributed by atoms with van der Waals surface area (Å²) in [5, 5.41) is 0.869. The number of benzene rings is 1. The Morgan fingerprint density at radius 1 is 1.29 bits per heavy atom. The molecule has 1 fully saturated rings. The van der Waals surface area contributed by atoms with Gasteiger partial charge in [0.2, 0.25) is 0 Å². The quantitative estimate of drug-likeness (QED) is 0.832. The summed E-state index contributed by atoms with van der Waals surface area (Å²) in [5.74, 6) is 0. The van der Waals surface area contributed by atoms with Crippen LogP contribution in [-0.2, 0) is 5.41 Å². The van der Waals surface area contributed by atoms with Gasteiger partial charge < -0.3 is 5.73 Å². The zero-order valence-corrected chi connectivity index (χ0v) is 11.9. The highest BCUT2D eigenvalue weighted by Gasteiger charge is 2.32. The van der Waals surface area contributed by atoms with Crippen LogP contribution in [0.5, 0.6) is 0 Å². The van der Waals surface area contributed by atoms with E-state index in [0.29, 0.717) is 0 Å². The largest absolute Gasteiger partial charge is 0.330 e. The normalized spacial score (nSPS) is 19.2. The molecule has 0 aromatic heterocycles. The molecule has 1 aliphatic rings. The maximum absolute atomic E-state index is 6.31. The van der Waals surface area contributed by atoms with Gasteiger partial charge in [-0.3, -0.25) is 0 Å². The Hall–Kier alpha value is -0.180. The van der Waals surface area contributed by atoms with Gasteiger partial charge in [-0.15, -0.1) is 11.8 Å². The van der Waals surface area contributed by atoms with Crippen LogP contribution in [0.1, 0.15) is 37.7 Å². The number of hydrogen-bond donors (Lipinski definition) is 1. The molecule has 0 spiro atoms. The zero-order chi connectivity index (χ0) is 12.3. The van der Waals surface area contributed by atoms with Crippen molar-refractivity contribution in [2.24, 2.45) is 5.73 Å². The minimum absolute atomic E-state index is 0.179. The highest BCUT2D eigenvalue weighted by atomic mass is 35.5. The monoisotopic (exact) mass is 269 g/mol. The predicted molar refractivity (Wildman–Crippen MR) is 77.1 cm³/mol. The Balaban J connectivity index is 2.33. The Labute approximate surface area is 113 Å². The first-order valence-electron chi connectivity index (χ1n) is 6.26. The number of nitrogens with two attached hydrogens (primary N) is 1. The lowest BCUT2D eigenvalue weighted by Crippen LogP contribution is -2.37. The molecule has 1 nitrogen and oxygen atoms in total. The maximum Gasteiger partial charge on any atom is 0.0544 e. The van der Waals surface area contributed by atoms with Crippen LogP contribution in [0.15, 0.2) is 23.1 Å². The topological polar surface area (TPSA) is 26.0 Å². The third-order valence-corrected chi connectivity index (χ3v) is 5.19. The average Bonchev–Trinajstić information content (AvgIpc) is 2.39. The fraction of sp³-hybridized carbons (Fsp3) is 0.571. The SMILES string of the molecule is CSc1ccc(C2(CN)CCCCC2)cc1Cl. The summed E-state index contributed by atoms with van der Waals surface area (Å²) in [6.07, 6.45) is 8.40. The van der Waals surface area contributed by atoms with Gasteiger partial charge in [-0.25, -0.2) is 0 Å². The standard InChI is InChI=1S/C14H20ClNS/c1-17-13-6-5-11(9-12(13)15)14(10-16)7-3-2-4-8-14/h5-6,9H,2-4,7-8,10,16H2,1H3. The van der Waals surface area contributed by atoms with Crippen molar-refractivity contribution in [3.8, 4) is 0 Å². The van der Waals surface area contributed by atoms with E-state index in [9.17, 15) is 0 Å². The van der Waals surface area contributed by atoms with Crippen molar-refractivity contribution in [2.45, 2.75) is 42.4 Å². The maximum atomic E-state index is 6.31. The van der Waals surface area contributed by atoms with E-state index in [1.165, 1.54) is 37.7 Å². The Bertz CT molecular complexity index is 386. The molecule has 94 valence electrons. The van der Waals surface area contributed by atoms with Gasteiger partial charge in [-0.2, -0.15) is 0 Å². The lowest BCUT2D eigenvalue weighted by molar-refractivity contribution is 0.300. The highest BCUT2D eigenvalue weighted by molar-refractivity contribution is 7.98. The minimum atomic E-state index is 0.179. The molecule has 1 aromatic rings. The van der Waals surface area contributed by atoms with Gasteiger partial charge in [0.15, 0.2) is 0 Å². The summed E-state index contributed by atoms with van der Waals surface area (Å²) < 4.78 is 0. The van der Waals surface area contributed by atoms with Crippen molar-refractivity contribution in [1.29, 1.82) is 0 Å². The molecule has 0 heterocycles. The predicted octanol–water partition coefficient (Wildman–Crippen LogP) is 4.22. The van der Waals surface area contributed by atoms with Crippen LogP contribution in [0.3, 0.4) is 0 Å². The molecule has 0 bridgehead atoms. The smallest absolute Gasteiger partial charge is 0.0544 e. The molecule has 1 aromatic carbocycles. The summed E-state index contributed by atoms with van der Waals surface area (Å²) in [4.78, 5) is 1.15. The first kappa shape index (κ1) is 13.3. The summed E-state index contributed by atoms with van der Waals surface area (Å²) in [6, 6.07) is 6.48. The third-order valence-electron chi connectivity index (χ3n) is 3.97. The van der Waals surface area contributed by atoms with Crippen molar-refractivity contribution in [3.05, 3.63) is 28.8 Å². The van der Waals surface area contributed by atoms with Crippen LogP contribution in [0.4, 0.5) is 0 Å². The molecule has 0 aliphatic heterocycles. The van der Waals surface area contributed by atoms with E-state index < -0.39 is 0 Å². The molecular formula is C14H20ClNS. The van der Waals surface area contributed by atoms with Gasteiger partial charge in [0.1, 0.15) is 0 Å². The van der Waals surface area contributed by atoms with Crippen LogP contribution in [0.2, 0.25) is 5.02 Å². The van der Waals surface area contributed by atoms with Gasteiger partial charge >= 0.3 is 0 Å². The molecule has 3 heteroatoms. The Kier molecular flexibility index (Phi) is 4.40. The summed E-state index contributed by atoms with van der Waals surface area (Å²) in [6.45, 7) is 0.738. The summed E-state index contributed by atoms with van der Waals surface area (Å²) >= 11 is 8.00. The molecule has 0 saturated heterocycles. The lowest BCUT2D eigenvalue weighted by atomic mass is 9.69. The van der Waals surface area contributed by atoms with E-state index in [2.05, 4.69) is 24.5 Å². The molecule has 2 N–H and O–H groups in total. The van der Waals surface area contributed by atoms with Crippen LogP contribution in [-0.4, -0.2) is 12.8 Å². The van der Waals surface area contributed by atoms with Gasteiger partial charge in [-0.05, 0) is 36.8 Å². The molecule has 2 rings (SSSR count). The number of thioether (sulfide) groups is 1. The molecule has 0 radical (unpaired) electrons. The second-order valence-corrected chi connectivity index (χ2v) is 6.15. The summed E-state index contributed by atoms with van der Waals surface area (Å²) in [5.41, 5.74) is 7.56. The molecule has 1 saturated carbocycles. The van der Waals surface area contributed by atoms with E-state index in [1.807, 2.05) is 0 Å². The molecule has 1 aliphatic carbocycles. The van der Waals surface area contributed by atoms with Crippen LogP contribution < -0.4 is 5.73 Å². The van der Waals surface area contributed by atoms with Crippen LogP contribution in [0, 0.1) is 0 Å². The molecule has 0 atom stereocenters. The highest BCUT2D eigenvalue weighted by Crippen LogP contribution is 2.40. The van der Waals surface area contributed by atoms with Crippen molar-refractivity contribution in [1.82, 2.24) is 0 Å².